The molecule has 5 heteroatoms. The van der Waals surface area contributed by atoms with E-state index in [-0.39, 0.29) is 11.5 Å². The third-order valence-corrected chi connectivity index (χ3v) is 3.17. The molecule has 0 aliphatic heterocycles. The molecule has 1 aromatic rings. The molecule has 0 bridgehead atoms. The second-order valence-electron chi connectivity index (χ2n) is 3.96. The number of hydrogen-bond donors (Lipinski definition) is 0. The molecular formula is C13H16BrClFNO. The minimum Gasteiger partial charge on any atom is -0.338 e. The zero-order valence-corrected chi connectivity index (χ0v) is 12.6. The van der Waals surface area contributed by atoms with Crippen LogP contribution in [0.25, 0.3) is 0 Å². The Bertz CT molecular complexity index is 414. The van der Waals surface area contributed by atoms with Gasteiger partial charge in [0.05, 0.1) is 5.56 Å². The lowest BCUT2D eigenvalue weighted by atomic mass is 10.1. The fraction of sp³-hybridized carbons (Fsp3) is 0.462. The van der Waals surface area contributed by atoms with Crippen LogP contribution in [-0.4, -0.2) is 29.2 Å². The Labute approximate surface area is 120 Å². The Hall–Kier alpha value is -0.610. The molecule has 0 aromatic heterocycles. The molecule has 2 nitrogen and oxygen atoms in total. The lowest BCUT2D eigenvalue weighted by molar-refractivity contribution is 0.0759. The van der Waals surface area contributed by atoms with E-state index in [9.17, 15) is 9.18 Å². The summed E-state index contributed by atoms with van der Waals surface area (Å²) in [5, 5.41) is 0.974. The highest BCUT2D eigenvalue weighted by molar-refractivity contribution is 9.09. The smallest absolute Gasteiger partial charge is 0.256 e. The van der Waals surface area contributed by atoms with Crippen molar-refractivity contribution in [2.45, 2.75) is 19.8 Å². The summed E-state index contributed by atoms with van der Waals surface area (Å²) in [4.78, 5) is 13.9. The molecule has 0 aliphatic rings. The average molecular weight is 337 g/mol. The van der Waals surface area contributed by atoms with Gasteiger partial charge in [-0.1, -0.05) is 40.9 Å². The molecule has 0 N–H and O–H groups in total. The van der Waals surface area contributed by atoms with Gasteiger partial charge in [-0.15, -0.1) is 0 Å². The van der Waals surface area contributed by atoms with Crippen molar-refractivity contribution in [2.75, 3.05) is 18.4 Å². The van der Waals surface area contributed by atoms with E-state index in [1.165, 1.54) is 18.2 Å². The molecule has 0 spiro atoms. The van der Waals surface area contributed by atoms with Gasteiger partial charge in [-0.25, -0.2) is 4.39 Å². The van der Waals surface area contributed by atoms with Crippen molar-refractivity contribution in [3.63, 3.8) is 0 Å². The van der Waals surface area contributed by atoms with Crippen LogP contribution < -0.4 is 0 Å². The minimum atomic E-state index is -0.566. The molecule has 1 rings (SSSR count). The van der Waals surface area contributed by atoms with Gasteiger partial charge in [0.2, 0.25) is 0 Å². The largest absolute Gasteiger partial charge is 0.338 e. The maximum atomic E-state index is 13.7. The molecule has 0 aliphatic carbocycles. The van der Waals surface area contributed by atoms with Gasteiger partial charge in [-0.3, -0.25) is 4.79 Å². The Morgan fingerprint density at radius 3 is 2.72 bits per heavy atom. The normalized spacial score (nSPS) is 10.4. The first kappa shape index (κ1) is 15.4. The molecular weight excluding hydrogens is 321 g/mol. The number of carbonyl (C=O) groups excluding carboxylic acids is 1. The fourth-order valence-corrected chi connectivity index (χ4v) is 2.19. The van der Waals surface area contributed by atoms with Crippen molar-refractivity contribution in [3.05, 3.63) is 34.6 Å². The quantitative estimate of drug-likeness (QED) is 0.716. The van der Waals surface area contributed by atoms with Crippen LogP contribution in [0.4, 0.5) is 4.39 Å². The van der Waals surface area contributed by atoms with Gasteiger partial charge in [0.15, 0.2) is 0 Å². The number of nitrogens with zero attached hydrogens (tertiary/aromatic N) is 1. The highest BCUT2D eigenvalue weighted by Gasteiger charge is 2.18. The van der Waals surface area contributed by atoms with Gasteiger partial charge in [0, 0.05) is 23.4 Å². The average Bonchev–Trinajstić information content (AvgIpc) is 2.33. The first-order chi connectivity index (χ1) is 8.60. The maximum absolute atomic E-state index is 13.7. The second-order valence-corrected chi connectivity index (χ2v) is 5.19. The summed E-state index contributed by atoms with van der Waals surface area (Å²) in [6.45, 7) is 3.27. The minimum absolute atomic E-state index is 0.0800. The van der Waals surface area contributed by atoms with Gasteiger partial charge in [0.1, 0.15) is 5.82 Å². The Balaban J connectivity index is 2.87. The summed E-state index contributed by atoms with van der Waals surface area (Å²) in [5.41, 5.74) is 0.0800. The number of carbonyl (C=O) groups is 1. The van der Waals surface area contributed by atoms with E-state index in [1.807, 2.05) is 0 Å². The van der Waals surface area contributed by atoms with Crippen molar-refractivity contribution in [2.24, 2.45) is 0 Å². The van der Waals surface area contributed by atoms with Crippen molar-refractivity contribution < 1.29 is 9.18 Å². The molecule has 100 valence electrons. The lowest BCUT2D eigenvalue weighted by Crippen LogP contribution is -2.34. The van der Waals surface area contributed by atoms with Crippen molar-refractivity contribution in [1.29, 1.82) is 0 Å². The van der Waals surface area contributed by atoms with E-state index in [1.54, 1.807) is 4.90 Å². The molecule has 0 unspecified atom stereocenters. The van der Waals surface area contributed by atoms with Crippen LogP contribution in [0.1, 0.15) is 30.1 Å². The van der Waals surface area contributed by atoms with E-state index < -0.39 is 5.82 Å². The number of halogens is 3. The topological polar surface area (TPSA) is 20.3 Å². The Kier molecular flexibility index (Phi) is 6.65. The molecule has 0 atom stereocenters. The Morgan fingerprint density at radius 2 is 2.17 bits per heavy atom. The number of amides is 1. The second kappa shape index (κ2) is 7.74. The first-order valence-electron chi connectivity index (χ1n) is 5.90. The Morgan fingerprint density at radius 1 is 1.44 bits per heavy atom. The van der Waals surface area contributed by atoms with E-state index in [4.69, 9.17) is 11.6 Å². The van der Waals surface area contributed by atoms with Gasteiger partial charge in [-0.2, -0.15) is 0 Å². The number of benzene rings is 1. The summed E-state index contributed by atoms with van der Waals surface area (Å²) >= 11 is 8.98. The summed E-state index contributed by atoms with van der Waals surface area (Å²) in [6, 6.07) is 4.14. The van der Waals surface area contributed by atoms with Crippen LogP contribution >= 0.6 is 27.5 Å². The van der Waals surface area contributed by atoms with Crippen LogP contribution in [0.3, 0.4) is 0 Å². The lowest BCUT2D eigenvalue weighted by Gasteiger charge is -2.21. The molecule has 1 aromatic carbocycles. The van der Waals surface area contributed by atoms with Crippen molar-refractivity contribution in [1.82, 2.24) is 4.90 Å². The third-order valence-electron chi connectivity index (χ3n) is 2.58. The van der Waals surface area contributed by atoms with E-state index >= 15 is 0 Å². The molecule has 0 radical (unpaired) electrons. The van der Waals surface area contributed by atoms with Crippen LogP contribution in [0.5, 0.6) is 0 Å². The molecule has 18 heavy (non-hydrogen) atoms. The molecule has 1 amide bonds. The number of rotatable bonds is 6. The van der Waals surface area contributed by atoms with Crippen LogP contribution in [0, 0.1) is 5.82 Å². The summed E-state index contributed by atoms with van der Waals surface area (Å²) < 4.78 is 13.7. The zero-order valence-electron chi connectivity index (χ0n) is 10.3. The highest BCUT2D eigenvalue weighted by atomic mass is 79.9. The zero-order chi connectivity index (χ0) is 13.5. The van der Waals surface area contributed by atoms with Crippen LogP contribution in [0.15, 0.2) is 18.2 Å². The van der Waals surface area contributed by atoms with Gasteiger partial charge < -0.3 is 4.90 Å². The van der Waals surface area contributed by atoms with E-state index in [2.05, 4.69) is 22.9 Å². The molecule has 0 heterocycles. The standard InChI is InChI=1S/C13H16BrClFNO/c1-2-3-7-17(8-6-14)13(18)11-5-4-10(15)9-12(11)16/h4-5,9H,2-3,6-8H2,1H3. The fourth-order valence-electron chi connectivity index (χ4n) is 1.60. The number of hydrogen-bond acceptors (Lipinski definition) is 1. The SMILES string of the molecule is CCCCN(CCBr)C(=O)c1ccc(Cl)cc1F. The number of unbranched alkanes of at least 4 members (excludes halogenated alkanes) is 1. The predicted molar refractivity (Wildman–Crippen MR) is 76.0 cm³/mol. The monoisotopic (exact) mass is 335 g/mol. The third kappa shape index (κ3) is 4.25. The van der Waals surface area contributed by atoms with Crippen LogP contribution in [0.2, 0.25) is 5.02 Å². The molecule has 0 fully saturated rings. The first-order valence-corrected chi connectivity index (χ1v) is 7.40. The number of alkyl halides is 1. The maximum Gasteiger partial charge on any atom is 0.256 e. The van der Waals surface area contributed by atoms with E-state index in [0.29, 0.717) is 23.4 Å². The van der Waals surface area contributed by atoms with Crippen molar-refractivity contribution in [3.8, 4) is 0 Å². The molecule has 0 saturated carbocycles. The van der Waals surface area contributed by atoms with E-state index in [0.717, 1.165) is 12.8 Å². The van der Waals surface area contributed by atoms with Gasteiger partial charge >= 0.3 is 0 Å². The summed E-state index contributed by atoms with van der Waals surface area (Å²) in [5.74, 6) is -0.847. The van der Waals surface area contributed by atoms with Crippen molar-refractivity contribution >= 4 is 33.4 Å². The van der Waals surface area contributed by atoms with Crippen LogP contribution in [-0.2, 0) is 0 Å². The highest BCUT2D eigenvalue weighted by Crippen LogP contribution is 2.16. The van der Waals surface area contributed by atoms with Gasteiger partial charge in [-0.05, 0) is 24.6 Å². The van der Waals surface area contributed by atoms with Gasteiger partial charge in [0.25, 0.3) is 5.91 Å². The predicted octanol–water partition coefficient (Wildman–Crippen LogP) is 4.12. The summed E-state index contributed by atoms with van der Waals surface area (Å²) in [6.07, 6.45) is 1.91. The molecule has 0 saturated heterocycles. The summed E-state index contributed by atoms with van der Waals surface area (Å²) in [7, 11) is 0.